The van der Waals surface area contributed by atoms with Gasteiger partial charge in [0.1, 0.15) is 0 Å². The minimum Gasteiger partial charge on any atom is -0.394 e. The van der Waals surface area contributed by atoms with Crippen LogP contribution in [0.15, 0.2) is 24.3 Å². The van der Waals surface area contributed by atoms with Crippen LogP contribution in [0.3, 0.4) is 0 Å². The van der Waals surface area contributed by atoms with Gasteiger partial charge < -0.3 is 15.5 Å². The van der Waals surface area contributed by atoms with E-state index in [4.69, 9.17) is 0 Å². The van der Waals surface area contributed by atoms with E-state index in [2.05, 4.69) is 31.3 Å². The molecular formula is C38H73NO3. The van der Waals surface area contributed by atoms with Crippen molar-refractivity contribution in [3.63, 3.8) is 0 Å². The van der Waals surface area contributed by atoms with Crippen LogP contribution in [0.4, 0.5) is 0 Å². The summed E-state index contributed by atoms with van der Waals surface area (Å²) in [7, 11) is 0. The van der Waals surface area contributed by atoms with Gasteiger partial charge in [-0.3, -0.25) is 4.79 Å². The number of amides is 1. The van der Waals surface area contributed by atoms with Crippen LogP contribution in [0.1, 0.15) is 194 Å². The predicted molar refractivity (Wildman–Crippen MR) is 184 cm³/mol. The minimum absolute atomic E-state index is 0.0738. The monoisotopic (exact) mass is 592 g/mol. The summed E-state index contributed by atoms with van der Waals surface area (Å²) < 4.78 is 0. The van der Waals surface area contributed by atoms with E-state index in [9.17, 15) is 15.0 Å². The number of carbonyl (C=O) groups is 1. The molecule has 4 heteroatoms. The molecule has 0 bridgehead atoms. The van der Waals surface area contributed by atoms with Crippen LogP contribution in [-0.4, -0.2) is 34.9 Å². The van der Waals surface area contributed by atoms with Crippen LogP contribution < -0.4 is 5.32 Å². The van der Waals surface area contributed by atoms with Gasteiger partial charge >= 0.3 is 0 Å². The Morgan fingerprint density at radius 1 is 0.548 bits per heavy atom. The average molecular weight is 592 g/mol. The maximum atomic E-state index is 12.3. The first-order valence-corrected chi connectivity index (χ1v) is 18.6. The van der Waals surface area contributed by atoms with Crippen molar-refractivity contribution in [3.8, 4) is 0 Å². The number of rotatable bonds is 33. The van der Waals surface area contributed by atoms with Crippen molar-refractivity contribution >= 4 is 5.91 Å². The van der Waals surface area contributed by atoms with Crippen molar-refractivity contribution in [2.45, 2.75) is 206 Å². The average Bonchev–Trinajstić information content (AvgIpc) is 2.99. The third-order valence-electron chi connectivity index (χ3n) is 8.44. The van der Waals surface area contributed by atoms with E-state index in [0.717, 1.165) is 32.1 Å². The second-order valence-corrected chi connectivity index (χ2v) is 12.6. The Labute approximate surface area is 262 Å². The molecule has 0 saturated heterocycles. The Morgan fingerprint density at radius 2 is 0.929 bits per heavy atom. The molecule has 0 aromatic carbocycles. The third-order valence-corrected chi connectivity index (χ3v) is 8.44. The zero-order valence-electron chi connectivity index (χ0n) is 28.3. The number of unbranched alkanes of at least 4 members (excludes halogenated alkanes) is 24. The summed E-state index contributed by atoms with van der Waals surface area (Å²) in [5.74, 6) is -0.0738. The van der Waals surface area contributed by atoms with Crippen LogP contribution in [0, 0.1) is 0 Å². The summed E-state index contributed by atoms with van der Waals surface area (Å²) in [6.07, 6.45) is 42.6. The fourth-order valence-corrected chi connectivity index (χ4v) is 5.55. The highest BCUT2D eigenvalue weighted by Crippen LogP contribution is 2.14. The lowest BCUT2D eigenvalue weighted by Gasteiger charge is -2.19. The Balaban J connectivity index is 3.65. The van der Waals surface area contributed by atoms with Gasteiger partial charge in [0.25, 0.3) is 0 Å². The highest BCUT2D eigenvalue weighted by Gasteiger charge is 2.17. The number of carbonyl (C=O) groups excluding carboxylic acids is 1. The number of hydrogen-bond donors (Lipinski definition) is 3. The Morgan fingerprint density at radius 3 is 1.38 bits per heavy atom. The van der Waals surface area contributed by atoms with Gasteiger partial charge in [-0.05, 0) is 32.1 Å². The zero-order chi connectivity index (χ0) is 30.8. The van der Waals surface area contributed by atoms with Crippen LogP contribution in [0.5, 0.6) is 0 Å². The fraction of sp³-hybridized carbons (Fsp3) is 0.868. The standard InChI is InChI=1S/C38H73NO3/c1-3-5-7-9-11-13-15-17-19-20-21-23-25-27-29-31-33-37(41)36(35-40)39-38(42)34-32-30-28-26-24-22-18-16-14-12-10-8-6-4-2/h23,25,31,33,36-37,40-41H,3-22,24,26-30,32,34-35H2,1-2H3,(H,39,42)/b25-23+,33-31+. The van der Waals surface area contributed by atoms with Crippen molar-refractivity contribution in [1.82, 2.24) is 5.32 Å². The molecule has 0 radical (unpaired) electrons. The van der Waals surface area contributed by atoms with Crippen LogP contribution in [0.2, 0.25) is 0 Å². The fourth-order valence-electron chi connectivity index (χ4n) is 5.55. The summed E-state index contributed by atoms with van der Waals surface area (Å²) >= 11 is 0. The molecule has 0 rings (SSSR count). The molecular weight excluding hydrogens is 518 g/mol. The van der Waals surface area contributed by atoms with Gasteiger partial charge in [0.05, 0.1) is 18.8 Å². The Hall–Kier alpha value is -1.13. The van der Waals surface area contributed by atoms with E-state index in [0.29, 0.717) is 6.42 Å². The molecule has 248 valence electrons. The molecule has 0 saturated carbocycles. The van der Waals surface area contributed by atoms with Gasteiger partial charge in [-0.15, -0.1) is 0 Å². The van der Waals surface area contributed by atoms with E-state index in [1.165, 1.54) is 141 Å². The van der Waals surface area contributed by atoms with Gasteiger partial charge in [-0.25, -0.2) is 0 Å². The Kier molecular flexibility index (Phi) is 33.4. The predicted octanol–water partition coefficient (Wildman–Crippen LogP) is 10.9. The lowest BCUT2D eigenvalue weighted by Crippen LogP contribution is -2.45. The molecule has 1 amide bonds. The molecule has 0 aliphatic heterocycles. The smallest absolute Gasteiger partial charge is 0.220 e. The van der Waals surface area contributed by atoms with Crippen molar-refractivity contribution in [3.05, 3.63) is 24.3 Å². The first kappa shape index (κ1) is 40.9. The van der Waals surface area contributed by atoms with Crippen molar-refractivity contribution in [1.29, 1.82) is 0 Å². The first-order chi connectivity index (χ1) is 20.7. The van der Waals surface area contributed by atoms with Gasteiger partial charge in [0, 0.05) is 6.42 Å². The quantitative estimate of drug-likeness (QED) is 0.0525. The van der Waals surface area contributed by atoms with E-state index in [1.807, 2.05) is 6.08 Å². The molecule has 0 aliphatic carbocycles. The van der Waals surface area contributed by atoms with Crippen molar-refractivity contribution < 1.29 is 15.0 Å². The van der Waals surface area contributed by atoms with Crippen molar-refractivity contribution in [2.24, 2.45) is 0 Å². The maximum Gasteiger partial charge on any atom is 0.220 e. The van der Waals surface area contributed by atoms with Gasteiger partial charge in [-0.1, -0.05) is 179 Å². The molecule has 0 aromatic rings. The summed E-state index contributed by atoms with van der Waals surface area (Å²) in [4.78, 5) is 12.3. The van der Waals surface area contributed by atoms with E-state index in [-0.39, 0.29) is 12.5 Å². The lowest BCUT2D eigenvalue weighted by atomic mass is 10.0. The SMILES string of the molecule is CCCCCCCCCCCC/C=C/CC/C=C/C(O)C(CO)NC(=O)CCCCCCCCCCCCCCCC. The van der Waals surface area contributed by atoms with E-state index in [1.54, 1.807) is 6.08 Å². The minimum atomic E-state index is -0.856. The molecule has 0 aliphatic rings. The lowest BCUT2D eigenvalue weighted by molar-refractivity contribution is -0.123. The molecule has 2 atom stereocenters. The van der Waals surface area contributed by atoms with Gasteiger partial charge in [-0.2, -0.15) is 0 Å². The van der Waals surface area contributed by atoms with Crippen LogP contribution >= 0.6 is 0 Å². The molecule has 4 nitrogen and oxygen atoms in total. The molecule has 0 aromatic heterocycles. The third kappa shape index (κ3) is 30.3. The van der Waals surface area contributed by atoms with Gasteiger partial charge in [0.2, 0.25) is 5.91 Å². The first-order valence-electron chi connectivity index (χ1n) is 18.6. The number of hydrogen-bond acceptors (Lipinski definition) is 3. The highest BCUT2D eigenvalue weighted by molar-refractivity contribution is 5.76. The molecule has 0 fully saturated rings. The topological polar surface area (TPSA) is 69.6 Å². The summed E-state index contributed by atoms with van der Waals surface area (Å²) in [5, 5.41) is 22.9. The molecule has 3 N–H and O–H groups in total. The Bertz CT molecular complexity index is 603. The largest absolute Gasteiger partial charge is 0.394 e. The van der Waals surface area contributed by atoms with E-state index >= 15 is 0 Å². The van der Waals surface area contributed by atoms with Crippen LogP contribution in [-0.2, 0) is 4.79 Å². The number of aliphatic hydroxyl groups is 2. The van der Waals surface area contributed by atoms with E-state index < -0.39 is 12.1 Å². The van der Waals surface area contributed by atoms with Crippen LogP contribution in [0.25, 0.3) is 0 Å². The molecule has 0 heterocycles. The zero-order valence-corrected chi connectivity index (χ0v) is 28.3. The number of aliphatic hydroxyl groups excluding tert-OH is 2. The van der Waals surface area contributed by atoms with Gasteiger partial charge in [0.15, 0.2) is 0 Å². The second-order valence-electron chi connectivity index (χ2n) is 12.6. The summed E-state index contributed by atoms with van der Waals surface area (Å²) in [6, 6.07) is -0.632. The number of nitrogens with one attached hydrogen (secondary N) is 1. The maximum absolute atomic E-state index is 12.3. The summed E-state index contributed by atoms with van der Waals surface area (Å²) in [5.41, 5.74) is 0. The van der Waals surface area contributed by atoms with Crippen molar-refractivity contribution in [2.75, 3.05) is 6.61 Å². The molecule has 0 spiro atoms. The normalized spacial score (nSPS) is 13.3. The molecule has 2 unspecified atom stereocenters. The highest BCUT2D eigenvalue weighted by atomic mass is 16.3. The second kappa shape index (κ2) is 34.4. The number of allylic oxidation sites excluding steroid dienone is 3. The molecule has 42 heavy (non-hydrogen) atoms. The summed E-state index contributed by atoms with van der Waals surface area (Å²) in [6.45, 7) is 4.29.